The van der Waals surface area contributed by atoms with E-state index >= 15 is 9.59 Å². The lowest BCUT2D eigenvalue weighted by molar-refractivity contribution is -0.346. The maximum Gasteiger partial charge on any atom is 0.509 e. The van der Waals surface area contributed by atoms with Crippen LogP contribution in [0.3, 0.4) is 0 Å². The van der Waals surface area contributed by atoms with Crippen LogP contribution in [0, 0.1) is 16.7 Å². The Labute approximate surface area is 448 Å². The van der Waals surface area contributed by atoms with E-state index in [1.54, 1.807) is 24.3 Å². The smallest absolute Gasteiger partial charge is 0.481 e. The average molecular weight is 1090 g/mol. The summed E-state index contributed by atoms with van der Waals surface area (Å²) in [5, 5.41) is 35.5. The number of ketones is 1. The number of fused-ring (bicyclic) bond motifs is 5. The van der Waals surface area contributed by atoms with Gasteiger partial charge in [0.25, 0.3) is 0 Å². The summed E-state index contributed by atoms with van der Waals surface area (Å²) < 4.78 is 53.1. The zero-order chi connectivity index (χ0) is 57.3. The molecule has 1 amide bonds. The van der Waals surface area contributed by atoms with Crippen molar-refractivity contribution in [3.63, 3.8) is 0 Å². The zero-order valence-corrected chi connectivity index (χ0v) is 44.1. The van der Waals surface area contributed by atoms with Crippen LogP contribution in [-0.4, -0.2) is 143 Å². The van der Waals surface area contributed by atoms with Gasteiger partial charge in [0.2, 0.25) is 6.10 Å². The molecule has 1 unspecified atom stereocenters. The summed E-state index contributed by atoms with van der Waals surface area (Å²) in [5.41, 5.74) is -9.08. The van der Waals surface area contributed by atoms with Gasteiger partial charge in [0, 0.05) is 50.9 Å². The number of carboxylic acid groups (broad SMARTS) is 2. The number of alkyl carbamates (subject to hydrolysis) is 1. The summed E-state index contributed by atoms with van der Waals surface area (Å²) in [6, 6.07) is 13.7. The minimum absolute atomic E-state index is 0.0370. The Morgan fingerprint density at radius 1 is 0.833 bits per heavy atom. The van der Waals surface area contributed by atoms with Gasteiger partial charge in [-0.15, -0.1) is 0 Å². The van der Waals surface area contributed by atoms with E-state index in [1.165, 1.54) is 77.1 Å². The second-order valence-corrected chi connectivity index (χ2v) is 20.2. The number of rotatable bonds is 22. The molecule has 23 heteroatoms. The highest BCUT2D eigenvalue weighted by Gasteiger charge is 2.79. The largest absolute Gasteiger partial charge is 0.509 e. The summed E-state index contributed by atoms with van der Waals surface area (Å²) >= 11 is 0. The number of carbonyl (C=O) groups is 10. The Hall–Kier alpha value is -7.66. The molecule has 1 aliphatic heterocycles. The predicted molar refractivity (Wildman–Crippen MR) is 266 cm³/mol. The summed E-state index contributed by atoms with van der Waals surface area (Å²) in [6.45, 7) is 10.7. The predicted octanol–water partition coefficient (Wildman–Crippen LogP) is 5.44. The standard InChI is InChI=1S/C55H65NO22/c1-8-26-71-51(68)76-44(42(56-50(67)70-9-2)32-18-12-10-13-19-32)49(66)73-34-28-55(69)47(77-48(65)33-20-14-11-15-21-33)45-53(7,46(64)43(41(30(34)3)52(55,5)6)75-40(63)25-17-23-38(60)61)35(74-39(62)24-16-22-37(58)59)27-36-54(45,29-72-36)78-31(4)57/h8,10-15,18-21,34-36,42-45,47,69H,1,9,16-17,22-29H2,2-7H3,(H,56,67)(H,58,59)(H,60,61)/t34-,35?,36+,42-,43+,44+,45-,47-,53+,54-,55+/m0/s1. The van der Waals surface area contributed by atoms with E-state index in [9.17, 15) is 53.7 Å². The van der Waals surface area contributed by atoms with Crippen molar-refractivity contribution in [2.75, 3.05) is 19.8 Å². The minimum atomic E-state index is -2.67. The molecule has 0 spiro atoms. The number of Topliss-reactive ketones (excluding diaryl/α,β-unsaturated/α-hetero) is 1. The van der Waals surface area contributed by atoms with Gasteiger partial charge in [0.05, 0.1) is 30.1 Å². The highest BCUT2D eigenvalue weighted by molar-refractivity contribution is 5.96. The van der Waals surface area contributed by atoms with Crippen LogP contribution in [-0.2, 0) is 76.2 Å². The first kappa shape index (κ1) is 59.6. The molecule has 0 radical (unpaired) electrons. The monoisotopic (exact) mass is 1090 g/mol. The summed E-state index contributed by atoms with van der Waals surface area (Å²) in [7, 11) is 0. The van der Waals surface area contributed by atoms with Crippen molar-refractivity contribution in [1.29, 1.82) is 0 Å². The summed E-state index contributed by atoms with van der Waals surface area (Å²) in [5.74, 6) is -10.8. The molecule has 0 aromatic heterocycles. The summed E-state index contributed by atoms with van der Waals surface area (Å²) in [4.78, 5) is 137. The third kappa shape index (κ3) is 12.4. The van der Waals surface area contributed by atoms with Crippen LogP contribution in [0.5, 0.6) is 0 Å². The number of benzene rings is 2. The van der Waals surface area contributed by atoms with Crippen LogP contribution in [0.15, 0.2) is 84.5 Å². The fourth-order valence-electron chi connectivity index (χ4n) is 11.2. The maximum absolute atomic E-state index is 16.4. The zero-order valence-electron chi connectivity index (χ0n) is 44.1. The molecule has 2 bridgehead atoms. The van der Waals surface area contributed by atoms with Gasteiger partial charge in [-0.25, -0.2) is 19.2 Å². The number of hydrogen-bond acceptors (Lipinski definition) is 20. The van der Waals surface area contributed by atoms with Crippen molar-refractivity contribution in [1.82, 2.24) is 5.32 Å². The van der Waals surface area contributed by atoms with Crippen molar-refractivity contribution in [2.45, 2.75) is 147 Å². The van der Waals surface area contributed by atoms with E-state index in [2.05, 4.69) is 11.9 Å². The molecule has 422 valence electrons. The molecule has 3 fully saturated rings. The van der Waals surface area contributed by atoms with Gasteiger partial charge in [-0.2, -0.15) is 0 Å². The van der Waals surface area contributed by atoms with Crippen molar-refractivity contribution in [3.8, 4) is 0 Å². The lowest BCUT2D eigenvalue weighted by Gasteiger charge is -2.67. The molecule has 2 aromatic rings. The number of carboxylic acids is 2. The fourth-order valence-corrected chi connectivity index (χ4v) is 11.2. The van der Waals surface area contributed by atoms with Gasteiger partial charge in [0.15, 0.2) is 17.5 Å². The topological polar surface area (TPSA) is 326 Å². The molecular weight excluding hydrogens is 1030 g/mol. The number of aliphatic carboxylic acids is 2. The number of aliphatic hydroxyl groups is 1. The normalized spacial score (nSPS) is 27.3. The van der Waals surface area contributed by atoms with E-state index in [0.717, 1.165) is 6.92 Å². The van der Waals surface area contributed by atoms with Crippen molar-refractivity contribution in [3.05, 3.63) is 95.6 Å². The number of ether oxygens (including phenoxy) is 9. The fraction of sp³-hybridized carbons (Fsp3) is 0.527. The Morgan fingerprint density at radius 3 is 1.99 bits per heavy atom. The van der Waals surface area contributed by atoms with Crippen molar-refractivity contribution in [2.24, 2.45) is 16.7 Å². The molecule has 1 saturated heterocycles. The lowest BCUT2D eigenvalue weighted by Crippen LogP contribution is -2.82. The third-order valence-corrected chi connectivity index (χ3v) is 15.0. The van der Waals surface area contributed by atoms with Crippen molar-refractivity contribution >= 4 is 59.8 Å². The second-order valence-electron chi connectivity index (χ2n) is 20.2. The molecule has 3 aliphatic carbocycles. The molecule has 11 atom stereocenters. The number of nitrogens with one attached hydrogen (secondary N) is 1. The first-order valence-corrected chi connectivity index (χ1v) is 25.4. The molecule has 23 nitrogen and oxygen atoms in total. The molecule has 2 aromatic carbocycles. The van der Waals surface area contributed by atoms with Crippen molar-refractivity contribution < 1.29 is 106 Å². The minimum Gasteiger partial charge on any atom is -0.481 e. The Bertz CT molecular complexity index is 2670. The Morgan fingerprint density at radius 2 is 1.44 bits per heavy atom. The van der Waals surface area contributed by atoms with Crippen LogP contribution in [0.1, 0.15) is 115 Å². The Kier molecular flexibility index (Phi) is 18.9. The first-order valence-electron chi connectivity index (χ1n) is 25.4. The number of carbonyl (C=O) groups excluding carboxylic acids is 8. The van der Waals surface area contributed by atoms with E-state index in [1.807, 2.05) is 0 Å². The van der Waals surface area contributed by atoms with E-state index in [0.29, 0.717) is 0 Å². The molecule has 4 aliphatic rings. The number of esters is 5. The van der Waals surface area contributed by atoms with Gasteiger partial charge in [-0.1, -0.05) is 75.0 Å². The van der Waals surface area contributed by atoms with Crippen LogP contribution in [0.2, 0.25) is 0 Å². The molecule has 2 saturated carbocycles. The first-order chi connectivity index (χ1) is 36.9. The van der Waals surface area contributed by atoms with Crippen LogP contribution < -0.4 is 5.32 Å². The van der Waals surface area contributed by atoms with Gasteiger partial charge >= 0.3 is 54.0 Å². The lowest BCUT2D eigenvalue weighted by atomic mass is 9.44. The third-order valence-electron chi connectivity index (χ3n) is 15.0. The van der Waals surface area contributed by atoms with E-state index in [-0.39, 0.29) is 54.7 Å². The van der Waals surface area contributed by atoms with Gasteiger partial charge in [-0.3, -0.25) is 28.8 Å². The Balaban J connectivity index is 1.64. The summed E-state index contributed by atoms with van der Waals surface area (Å²) in [6.07, 6.45) is -15.8. The molecule has 4 N–H and O–H groups in total. The van der Waals surface area contributed by atoms with Gasteiger partial charge in [-0.05, 0) is 62.5 Å². The molecule has 6 rings (SSSR count). The SMILES string of the molecule is C=CCOC(=O)O[C@@H](C(=O)O[C@H]1C[C@@]2(O)[C@@H](OC(=O)c3ccccc3)[C@@H]3[C@]4(OC(C)=O)CO[C@@H]4CC(OC(=O)CCCC(=O)O)[C@@]3(C)C(=O)[C@H](OC(=O)CCCC(=O)O)C(=C1C)C2(C)C)[C@@H](NC(=O)OCC)c1ccccc1. The quantitative estimate of drug-likeness (QED) is 0.0648. The van der Waals surface area contributed by atoms with Gasteiger partial charge in [0.1, 0.15) is 42.7 Å². The van der Waals surface area contributed by atoms with E-state index in [4.69, 9.17) is 42.6 Å². The average Bonchev–Trinajstić information content (AvgIpc) is 3.53. The highest BCUT2D eigenvalue weighted by Crippen LogP contribution is 2.65. The maximum atomic E-state index is 16.4. The second kappa shape index (κ2) is 24.8. The van der Waals surface area contributed by atoms with E-state index < -0.39 is 169 Å². The molecular formula is C55H65NO22. The van der Waals surface area contributed by atoms with Crippen LogP contribution in [0.25, 0.3) is 0 Å². The van der Waals surface area contributed by atoms with Gasteiger partial charge < -0.3 is 63.3 Å². The number of hydrogen-bond donors (Lipinski definition) is 4. The molecule has 78 heavy (non-hydrogen) atoms. The number of amides is 1. The van der Waals surface area contributed by atoms with Crippen LogP contribution in [0.4, 0.5) is 9.59 Å². The van der Waals surface area contributed by atoms with Crippen LogP contribution >= 0.6 is 0 Å². The highest BCUT2D eigenvalue weighted by atomic mass is 16.7. The molecule has 1 heterocycles.